The van der Waals surface area contributed by atoms with E-state index in [1.807, 2.05) is 18.2 Å². The van der Waals surface area contributed by atoms with Crippen LogP contribution in [0.2, 0.25) is 10.0 Å². The van der Waals surface area contributed by atoms with E-state index in [9.17, 15) is 4.79 Å². The number of thiophene rings is 1. The first kappa shape index (κ1) is 20.1. The van der Waals surface area contributed by atoms with E-state index in [1.165, 1.54) is 16.9 Å². The molecule has 0 aliphatic carbocycles. The minimum atomic E-state index is -0.342. The van der Waals surface area contributed by atoms with E-state index in [1.54, 1.807) is 12.1 Å². The molecule has 0 fully saturated rings. The second-order valence-electron chi connectivity index (χ2n) is 6.23. The molecule has 1 aromatic heterocycles. The maximum absolute atomic E-state index is 12.6. The van der Waals surface area contributed by atoms with E-state index < -0.39 is 0 Å². The third-order valence-corrected chi connectivity index (χ3v) is 6.47. The van der Waals surface area contributed by atoms with Crippen LogP contribution in [0.1, 0.15) is 41.4 Å². The van der Waals surface area contributed by atoms with Crippen LogP contribution < -0.4 is 10.6 Å². The number of anilines is 1. The lowest BCUT2D eigenvalue weighted by atomic mass is 9.99. The summed E-state index contributed by atoms with van der Waals surface area (Å²) in [5.41, 5.74) is 2.09. The summed E-state index contributed by atoms with van der Waals surface area (Å²) in [5, 5.41) is 7.75. The van der Waals surface area contributed by atoms with Gasteiger partial charge >= 0.3 is 0 Å². The highest BCUT2D eigenvalue weighted by atomic mass is 35.5. The van der Waals surface area contributed by atoms with Crippen molar-refractivity contribution in [1.82, 2.24) is 5.32 Å². The van der Waals surface area contributed by atoms with Crippen molar-refractivity contribution in [3.63, 3.8) is 0 Å². The Hall–Kier alpha value is -1.66. The standard InChI is InChI=1S/C20H18Cl2N2OS2/c1-3-11(2)12-4-7-14(8-5-12)23-20(26)24-19(25)18-17(22)15-9-6-13(21)10-16(15)27-18/h4-11H,3H2,1-2H3,(H2,23,24,25,26)/t11-/m0/s1. The number of benzene rings is 2. The predicted octanol–water partition coefficient (Wildman–Crippen LogP) is 6.85. The summed E-state index contributed by atoms with van der Waals surface area (Å²) in [4.78, 5) is 13.0. The van der Waals surface area contributed by atoms with Gasteiger partial charge in [-0.25, -0.2) is 0 Å². The van der Waals surface area contributed by atoms with Gasteiger partial charge in [-0.2, -0.15) is 0 Å². The molecule has 7 heteroatoms. The highest BCUT2D eigenvalue weighted by Crippen LogP contribution is 2.36. The van der Waals surface area contributed by atoms with Crippen LogP contribution in [0.4, 0.5) is 5.69 Å². The van der Waals surface area contributed by atoms with Gasteiger partial charge in [-0.3, -0.25) is 10.1 Å². The number of fused-ring (bicyclic) bond motifs is 1. The zero-order chi connectivity index (χ0) is 19.6. The second-order valence-corrected chi connectivity index (χ2v) is 8.50. The van der Waals surface area contributed by atoms with Gasteiger partial charge in [0.2, 0.25) is 0 Å². The summed E-state index contributed by atoms with van der Waals surface area (Å²) in [6.45, 7) is 4.35. The molecule has 2 N–H and O–H groups in total. The molecule has 0 unspecified atom stereocenters. The lowest BCUT2D eigenvalue weighted by Crippen LogP contribution is -2.33. The molecule has 0 radical (unpaired) electrons. The third kappa shape index (κ3) is 4.61. The number of hydrogen-bond donors (Lipinski definition) is 2. The topological polar surface area (TPSA) is 41.1 Å². The number of rotatable bonds is 4. The molecule has 1 heterocycles. The summed E-state index contributed by atoms with van der Waals surface area (Å²) < 4.78 is 0.858. The molecule has 3 nitrogen and oxygen atoms in total. The van der Waals surface area contributed by atoms with E-state index in [-0.39, 0.29) is 11.0 Å². The maximum Gasteiger partial charge on any atom is 0.269 e. The average molecular weight is 437 g/mol. The highest BCUT2D eigenvalue weighted by Gasteiger charge is 2.18. The minimum absolute atomic E-state index is 0.225. The zero-order valence-corrected chi connectivity index (χ0v) is 18.0. The molecule has 3 rings (SSSR count). The molecule has 1 amide bonds. The van der Waals surface area contributed by atoms with Crippen LogP contribution in [0, 0.1) is 0 Å². The van der Waals surface area contributed by atoms with Crippen LogP contribution in [0.15, 0.2) is 42.5 Å². The third-order valence-electron chi connectivity index (χ3n) is 4.37. The summed E-state index contributed by atoms with van der Waals surface area (Å²) in [5.74, 6) is 0.167. The zero-order valence-electron chi connectivity index (χ0n) is 14.8. The van der Waals surface area contributed by atoms with Crippen LogP contribution >= 0.6 is 46.8 Å². The van der Waals surface area contributed by atoms with Crippen molar-refractivity contribution in [1.29, 1.82) is 0 Å². The Morgan fingerprint density at radius 3 is 2.56 bits per heavy atom. The molecule has 0 spiro atoms. The first-order valence-electron chi connectivity index (χ1n) is 8.49. The second kappa shape index (κ2) is 8.57. The summed E-state index contributed by atoms with van der Waals surface area (Å²) >= 11 is 18.9. The van der Waals surface area contributed by atoms with Crippen molar-refractivity contribution in [2.24, 2.45) is 0 Å². The quantitative estimate of drug-likeness (QED) is 0.439. The van der Waals surface area contributed by atoms with Gasteiger partial charge in [-0.15, -0.1) is 11.3 Å². The first-order chi connectivity index (χ1) is 12.9. The van der Waals surface area contributed by atoms with Crippen molar-refractivity contribution in [3.05, 3.63) is 63.0 Å². The van der Waals surface area contributed by atoms with Crippen LogP contribution in [0.3, 0.4) is 0 Å². The van der Waals surface area contributed by atoms with Gasteiger partial charge in [0.1, 0.15) is 4.88 Å². The SMILES string of the molecule is CC[C@H](C)c1ccc(NC(=S)NC(=O)c2sc3cc(Cl)ccc3c2Cl)cc1. The van der Waals surface area contributed by atoms with Crippen molar-refractivity contribution in [2.45, 2.75) is 26.2 Å². The summed E-state index contributed by atoms with van der Waals surface area (Å²) in [7, 11) is 0. The van der Waals surface area contributed by atoms with E-state index in [2.05, 4.69) is 36.6 Å². The predicted molar refractivity (Wildman–Crippen MR) is 121 cm³/mol. The van der Waals surface area contributed by atoms with Crippen LogP contribution in [-0.2, 0) is 0 Å². The Morgan fingerprint density at radius 1 is 1.19 bits per heavy atom. The largest absolute Gasteiger partial charge is 0.332 e. The Labute approximate surface area is 177 Å². The van der Waals surface area contributed by atoms with Gasteiger partial charge in [-0.1, -0.05) is 55.2 Å². The lowest BCUT2D eigenvalue weighted by Gasteiger charge is -2.12. The fraction of sp³-hybridized carbons (Fsp3) is 0.200. The molecule has 0 saturated carbocycles. The summed E-state index contributed by atoms with van der Waals surface area (Å²) in [6, 6.07) is 13.4. The monoisotopic (exact) mass is 436 g/mol. The molecular weight excluding hydrogens is 419 g/mol. The Kier molecular flexibility index (Phi) is 6.37. The number of carbonyl (C=O) groups is 1. The van der Waals surface area contributed by atoms with Gasteiger partial charge in [-0.05, 0) is 54.4 Å². The van der Waals surface area contributed by atoms with Gasteiger partial charge in [0.05, 0.1) is 5.02 Å². The molecule has 2 aromatic carbocycles. The molecule has 140 valence electrons. The van der Waals surface area contributed by atoms with Crippen LogP contribution in [0.5, 0.6) is 0 Å². The minimum Gasteiger partial charge on any atom is -0.332 e. The van der Waals surface area contributed by atoms with E-state index >= 15 is 0 Å². The van der Waals surface area contributed by atoms with E-state index in [4.69, 9.17) is 35.4 Å². The fourth-order valence-corrected chi connectivity index (χ4v) is 4.54. The number of halogens is 2. The molecule has 0 saturated heterocycles. The number of carbonyl (C=O) groups excluding carboxylic acids is 1. The maximum atomic E-state index is 12.6. The molecule has 27 heavy (non-hydrogen) atoms. The molecule has 0 aliphatic heterocycles. The van der Waals surface area contributed by atoms with E-state index in [0.717, 1.165) is 22.2 Å². The smallest absolute Gasteiger partial charge is 0.269 e. The van der Waals surface area contributed by atoms with Crippen molar-refractivity contribution in [3.8, 4) is 0 Å². The van der Waals surface area contributed by atoms with E-state index in [0.29, 0.717) is 20.8 Å². The lowest BCUT2D eigenvalue weighted by molar-refractivity contribution is 0.0982. The van der Waals surface area contributed by atoms with Crippen LogP contribution in [0.25, 0.3) is 10.1 Å². The highest BCUT2D eigenvalue weighted by molar-refractivity contribution is 7.80. The van der Waals surface area contributed by atoms with Crippen molar-refractivity contribution in [2.75, 3.05) is 5.32 Å². The molecule has 3 aromatic rings. The Bertz CT molecular complexity index is 999. The average Bonchev–Trinajstić information content (AvgIpc) is 2.97. The van der Waals surface area contributed by atoms with Gasteiger partial charge < -0.3 is 5.32 Å². The van der Waals surface area contributed by atoms with Crippen molar-refractivity contribution >= 4 is 73.5 Å². The van der Waals surface area contributed by atoms with Gasteiger partial charge in [0.15, 0.2) is 5.11 Å². The Morgan fingerprint density at radius 2 is 1.89 bits per heavy atom. The van der Waals surface area contributed by atoms with Gasteiger partial charge in [0, 0.05) is 20.8 Å². The molecular formula is C20H18Cl2N2OS2. The number of hydrogen-bond acceptors (Lipinski definition) is 3. The number of amides is 1. The Balaban J connectivity index is 1.69. The number of nitrogens with one attached hydrogen (secondary N) is 2. The fourth-order valence-electron chi connectivity index (χ4n) is 2.64. The van der Waals surface area contributed by atoms with Crippen molar-refractivity contribution < 1.29 is 4.79 Å². The molecule has 0 aliphatic rings. The van der Waals surface area contributed by atoms with Crippen LogP contribution in [-0.4, -0.2) is 11.0 Å². The summed E-state index contributed by atoms with van der Waals surface area (Å²) in [6.07, 6.45) is 1.09. The normalized spacial score (nSPS) is 12.0. The first-order valence-corrected chi connectivity index (χ1v) is 10.5. The van der Waals surface area contributed by atoms with Gasteiger partial charge in [0.25, 0.3) is 5.91 Å². The molecule has 1 atom stereocenters. The number of thiocarbonyl (C=S) groups is 1. The molecule has 0 bridgehead atoms.